The van der Waals surface area contributed by atoms with Crippen LogP contribution in [0.1, 0.15) is 52.0 Å². The Balaban J connectivity index is 1.89. The summed E-state index contributed by atoms with van der Waals surface area (Å²) in [7, 11) is 2.24. The highest BCUT2D eigenvalue weighted by atomic mass is 19.1. The van der Waals surface area contributed by atoms with Gasteiger partial charge in [0.1, 0.15) is 11.6 Å². The second-order valence-electron chi connectivity index (χ2n) is 8.09. The number of esters is 1. The highest BCUT2D eigenvalue weighted by molar-refractivity contribution is 6.63. The van der Waals surface area contributed by atoms with Crippen molar-refractivity contribution in [1.29, 1.82) is 0 Å². The number of methoxy groups -OCH3 is 2. The number of benzene rings is 1. The Labute approximate surface area is 154 Å². The summed E-state index contributed by atoms with van der Waals surface area (Å²) in [5.41, 5.74) is 0.243. The summed E-state index contributed by atoms with van der Waals surface area (Å²) >= 11 is 0. The molecule has 142 valence electrons. The smallest absolute Gasteiger partial charge is 0.497 e. The fourth-order valence-electron chi connectivity index (χ4n) is 3.46. The van der Waals surface area contributed by atoms with Crippen LogP contribution in [0.15, 0.2) is 12.1 Å². The van der Waals surface area contributed by atoms with Crippen molar-refractivity contribution in [3.63, 3.8) is 0 Å². The van der Waals surface area contributed by atoms with E-state index >= 15 is 0 Å². The quantitative estimate of drug-likeness (QED) is 0.608. The Morgan fingerprint density at radius 2 is 1.73 bits per heavy atom. The molecule has 0 aromatic heterocycles. The van der Waals surface area contributed by atoms with Crippen LogP contribution in [0.3, 0.4) is 0 Å². The third-order valence-electron chi connectivity index (χ3n) is 5.97. The van der Waals surface area contributed by atoms with Gasteiger partial charge >= 0.3 is 13.1 Å². The lowest BCUT2D eigenvalue weighted by Gasteiger charge is -2.34. The first-order valence-corrected chi connectivity index (χ1v) is 8.90. The first kappa shape index (κ1) is 19.2. The zero-order valence-electron chi connectivity index (χ0n) is 16.2. The van der Waals surface area contributed by atoms with E-state index in [4.69, 9.17) is 18.8 Å². The molecular formula is C19H26BFO5. The Bertz CT molecular complexity index is 696. The van der Waals surface area contributed by atoms with Gasteiger partial charge in [0.25, 0.3) is 0 Å². The van der Waals surface area contributed by atoms with Crippen molar-refractivity contribution in [2.75, 3.05) is 14.2 Å². The standard InChI is InChI=1S/C19H26BFO5/c1-18(2)19(3,4)26-20(25-18)14-9-13(15(21)10-16(14)23-5)11-7-12(8-11)17(22)24-6/h9-12H,7-8H2,1-6H3. The van der Waals surface area contributed by atoms with Gasteiger partial charge in [-0.05, 0) is 52.0 Å². The molecule has 1 heterocycles. The van der Waals surface area contributed by atoms with Crippen LogP contribution in [0.2, 0.25) is 0 Å². The minimum absolute atomic E-state index is 0.0221. The van der Waals surface area contributed by atoms with Crippen molar-refractivity contribution >= 4 is 18.6 Å². The fourth-order valence-corrected chi connectivity index (χ4v) is 3.46. The Kier molecular flexibility index (Phi) is 4.82. The number of hydrogen-bond donors (Lipinski definition) is 0. The SMILES string of the molecule is COC(=O)C1CC(c2cc(B3OC(C)(C)C(C)(C)O3)c(OC)cc2F)C1. The summed E-state index contributed by atoms with van der Waals surface area (Å²) in [6.45, 7) is 7.88. The molecule has 5 nitrogen and oxygen atoms in total. The fraction of sp³-hybridized carbons (Fsp3) is 0.632. The van der Waals surface area contributed by atoms with Crippen molar-refractivity contribution in [3.8, 4) is 5.75 Å². The largest absolute Gasteiger partial charge is 0.498 e. The van der Waals surface area contributed by atoms with E-state index in [0.717, 1.165) is 0 Å². The normalized spacial score (nSPS) is 26.3. The lowest BCUT2D eigenvalue weighted by atomic mass is 9.69. The molecule has 1 saturated heterocycles. The molecule has 26 heavy (non-hydrogen) atoms. The van der Waals surface area contributed by atoms with Gasteiger partial charge in [0.05, 0.1) is 31.3 Å². The molecule has 0 atom stereocenters. The predicted octanol–water partition coefficient (Wildman–Crippen LogP) is 2.80. The second kappa shape index (κ2) is 6.53. The molecule has 2 aliphatic rings. The summed E-state index contributed by atoms with van der Waals surface area (Å²) in [6.07, 6.45) is 1.16. The number of halogens is 1. The number of ether oxygens (including phenoxy) is 2. The van der Waals surface area contributed by atoms with Crippen LogP contribution >= 0.6 is 0 Å². The van der Waals surface area contributed by atoms with Gasteiger partial charge in [-0.3, -0.25) is 4.79 Å². The van der Waals surface area contributed by atoms with Crippen LogP contribution in [-0.4, -0.2) is 38.5 Å². The number of hydrogen-bond acceptors (Lipinski definition) is 5. The molecule has 0 unspecified atom stereocenters. The van der Waals surface area contributed by atoms with Crippen LogP contribution in [-0.2, 0) is 18.8 Å². The van der Waals surface area contributed by atoms with Crippen molar-refractivity contribution in [2.24, 2.45) is 5.92 Å². The molecule has 2 fully saturated rings. The van der Waals surface area contributed by atoms with Crippen LogP contribution in [0.5, 0.6) is 5.75 Å². The van der Waals surface area contributed by atoms with E-state index < -0.39 is 18.3 Å². The van der Waals surface area contributed by atoms with Crippen molar-refractivity contribution in [2.45, 2.75) is 57.7 Å². The monoisotopic (exact) mass is 364 g/mol. The lowest BCUT2D eigenvalue weighted by molar-refractivity contribution is -0.148. The molecule has 0 N–H and O–H groups in total. The van der Waals surface area contributed by atoms with Gasteiger partial charge in [0.2, 0.25) is 0 Å². The maximum Gasteiger partial charge on any atom is 0.498 e. The Hall–Kier alpha value is -1.60. The molecule has 1 saturated carbocycles. The molecule has 1 aliphatic heterocycles. The lowest BCUT2D eigenvalue weighted by Crippen LogP contribution is -2.41. The van der Waals surface area contributed by atoms with Crippen LogP contribution in [0.4, 0.5) is 4.39 Å². The summed E-state index contributed by atoms with van der Waals surface area (Å²) in [5, 5.41) is 0. The summed E-state index contributed by atoms with van der Waals surface area (Å²) in [6, 6.07) is 3.13. The van der Waals surface area contributed by atoms with Gasteiger partial charge in [-0.2, -0.15) is 0 Å². The van der Waals surface area contributed by atoms with E-state index in [2.05, 4.69) is 0 Å². The molecular weight excluding hydrogens is 338 g/mol. The van der Waals surface area contributed by atoms with Crippen LogP contribution < -0.4 is 10.2 Å². The van der Waals surface area contributed by atoms with E-state index in [0.29, 0.717) is 29.6 Å². The Morgan fingerprint density at radius 3 is 2.23 bits per heavy atom. The highest BCUT2D eigenvalue weighted by Crippen LogP contribution is 2.44. The molecule has 7 heteroatoms. The average Bonchev–Trinajstić information content (AvgIpc) is 2.74. The molecule has 0 bridgehead atoms. The summed E-state index contributed by atoms with van der Waals surface area (Å²) < 4.78 is 36.9. The van der Waals surface area contributed by atoms with Crippen molar-refractivity contribution < 1.29 is 28.0 Å². The van der Waals surface area contributed by atoms with E-state index in [1.807, 2.05) is 27.7 Å². The number of carbonyl (C=O) groups excluding carboxylic acids is 1. The molecule has 1 aromatic carbocycles. The van der Waals surface area contributed by atoms with E-state index in [9.17, 15) is 9.18 Å². The number of rotatable bonds is 4. The minimum atomic E-state index is -0.634. The van der Waals surface area contributed by atoms with Crippen LogP contribution in [0.25, 0.3) is 0 Å². The predicted molar refractivity (Wildman–Crippen MR) is 96.1 cm³/mol. The van der Waals surface area contributed by atoms with Gasteiger partial charge in [-0.1, -0.05) is 6.07 Å². The van der Waals surface area contributed by atoms with Gasteiger partial charge in [-0.15, -0.1) is 0 Å². The molecule has 0 radical (unpaired) electrons. The Morgan fingerprint density at radius 1 is 1.15 bits per heavy atom. The summed E-state index contributed by atoms with van der Waals surface area (Å²) in [5.74, 6) is -0.358. The highest BCUT2D eigenvalue weighted by Gasteiger charge is 2.53. The van der Waals surface area contributed by atoms with E-state index in [-0.39, 0.29) is 23.6 Å². The van der Waals surface area contributed by atoms with Gasteiger partial charge in [-0.25, -0.2) is 4.39 Å². The maximum absolute atomic E-state index is 14.6. The van der Waals surface area contributed by atoms with Crippen molar-refractivity contribution in [3.05, 3.63) is 23.5 Å². The van der Waals surface area contributed by atoms with Gasteiger partial charge in [0, 0.05) is 11.5 Å². The van der Waals surface area contributed by atoms with Gasteiger partial charge < -0.3 is 18.8 Å². The third kappa shape index (κ3) is 3.12. The maximum atomic E-state index is 14.6. The second-order valence-corrected chi connectivity index (χ2v) is 8.09. The van der Waals surface area contributed by atoms with E-state index in [1.165, 1.54) is 20.3 Å². The van der Waals surface area contributed by atoms with Gasteiger partial charge in [0.15, 0.2) is 0 Å². The topological polar surface area (TPSA) is 54.0 Å². The number of carbonyl (C=O) groups is 1. The van der Waals surface area contributed by atoms with Crippen molar-refractivity contribution in [1.82, 2.24) is 0 Å². The molecule has 1 aromatic rings. The third-order valence-corrected chi connectivity index (χ3v) is 5.97. The minimum Gasteiger partial charge on any atom is -0.497 e. The average molecular weight is 364 g/mol. The molecule has 0 amide bonds. The zero-order chi connectivity index (χ0) is 19.3. The molecule has 3 rings (SSSR count). The first-order valence-electron chi connectivity index (χ1n) is 8.90. The zero-order valence-corrected chi connectivity index (χ0v) is 16.2. The first-order chi connectivity index (χ1) is 12.1. The molecule has 0 spiro atoms. The van der Waals surface area contributed by atoms with Crippen LogP contribution in [0, 0.1) is 11.7 Å². The van der Waals surface area contributed by atoms with E-state index in [1.54, 1.807) is 6.07 Å². The summed E-state index contributed by atoms with van der Waals surface area (Å²) in [4.78, 5) is 11.6. The molecule has 1 aliphatic carbocycles.